The average Bonchev–Trinajstić information content (AvgIpc) is 3.43. The molecule has 2 saturated heterocycles. The summed E-state index contributed by atoms with van der Waals surface area (Å²) in [7, 11) is -5.24. The predicted octanol–water partition coefficient (Wildman–Crippen LogP) is -2.61. The van der Waals surface area contributed by atoms with Crippen LogP contribution in [0.4, 0.5) is 0 Å². The third kappa shape index (κ3) is 2.97. The summed E-state index contributed by atoms with van der Waals surface area (Å²) in [5, 5.41) is 31.0. The van der Waals surface area contributed by atoms with Gasteiger partial charge >= 0.3 is 13.1 Å². The number of carboxylic acid groups (broad SMARTS) is 1. The highest BCUT2D eigenvalue weighted by Crippen LogP contribution is 2.47. The maximum Gasteiger partial charge on any atom is 0.451 e. The summed E-state index contributed by atoms with van der Waals surface area (Å²) in [5.41, 5.74) is 4.45. The molecule has 4 aliphatic rings. The normalized spacial score (nSPS) is 42.2. The Morgan fingerprint density at radius 3 is 2.42 bits per heavy atom. The zero-order valence-electron chi connectivity index (χ0n) is 14.4. The Balaban J connectivity index is 1.51. The quantitative estimate of drug-likeness (QED) is 0.297. The number of rotatable bonds is 7. The fourth-order valence-electron chi connectivity index (χ4n) is 4.49. The second kappa shape index (κ2) is 6.13. The molecule has 10 nitrogen and oxygen atoms in total. The Morgan fingerprint density at radius 1 is 1.27 bits per heavy atom. The smallest absolute Gasteiger partial charge is 0.451 e. The van der Waals surface area contributed by atoms with E-state index in [9.17, 15) is 18.3 Å². The molecule has 12 heteroatoms. The van der Waals surface area contributed by atoms with Gasteiger partial charge in [0.25, 0.3) is 10.2 Å². The van der Waals surface area contributed by atoms with Gasteiger partial charge < -0.3 is 26.2 Å². The summed E-state index contributed by atoms with van der Waals surface area (Å²) < 4.78 is 29.2. The van der Waals surface area contributed by atoms with Crippen molar-refractivity contribution >= 4 is 23.3 Å². The van der Waals surface area contributed by atoms with Crippen molar-refractivity contribution in [2.75, 3.05) is 13.1 Å². The van der Waals surface area contributed by atoms with Crippen LogP contribution in [-0.4, -0.2) is 88.1 Å². The average molecular weight is 388 g/mol. The lowest BCUT2D eigenvalue weighted by molar-refractivity contribution is -0.144. The van der Waals surface area contributed by atoms with Crippen LogP contribution < -0.4 is 11.1 Å². The van der Waals surface area contributed by atoms with E-state index >= 15 is 0 Å². The number of piperazine rings is 1. The van der Waals surface area contributed by atoms with E-state index in [4.69, 9.17) is 15.8 Å². The largest absolute Gasteiger partial charge is 0.480 e. The lowest BCUT2D eigenvalue weighted by atomic mass is 9.78. The minimum atomic E-state index is -3.77. The zero-order valence-corrected chi connectivity index (χ0v) is 15.2. The highest BCUT2D eigenvalue weighted by molar-refractivity contribution is 7.86. The predicted molar refractivity (Wildman–Crippen MR) is 92.1 cm³/mol. The molecule has 6 atom stereocenters. The van der Waals surface area contributed by atoms with Gasteiger partial charge in [-0.2, -0.15) is 17.0 Å². The number of carboxylic acids is 1. The van der Waals surface area contributed by atoms with Crippen LogP contribution in [0.25, 0.3) is 0 Å². The molecule has 0 amide bonds. The molecule has 2 saturated carbocycles. The summed E-state index contributed by atoms with van der Waals surface area (Å²) >= 11 is 0. The molecule has 0 unspecified atom stereocenters. The number of aliphatic carboxylic acids is 1. The van der Waals surface area contributed by atoms with E-state index in [1.807, 2.05) is 0 Å². The van der Waals surface area contributed by atoms with Crippen LogP contribution in [0.1, 0.15) is 25.7 Å². The van der Waals surface area contributed by atoms with E-state index in [1.165, 1.54) is 4.31 Å². The van der Waals surface area contributed by atoms with Crippen LogP contribution in [0.15, 0.2) is 0 Å². The van der Waals surface area contributed by atoms with Gasteiger partial charge in [0.1, 0.15) is 5.54 Å². The Morgan fingerprint density at radius 2 is 1.88 bits per heavy atom. The summed E-state index contributed by atoms with van der Waals surface area (Å²) in [4.78, 5) is 11.8. The Kier molecular flexibility index (Phi) is 4.38. The highest BCUT2D eigenvalue weighted by Gasteiger charge is 2.64. The lowest BCUT2D eigenvalue weighted by Gasteiger charge is -2.30. The number of nitrogens with zero attached hydrogens (tertiary/aromatic N) is 2. The van der Waals surface area contributed by atoms with Crippen LogP contribution in [0.5, 0.6) is 0 Å². The molecule has 0 radical (unpaired) electrons. The lowest BCUT2D eigenvalue weighted by Crippen LogP contribution is -2.56. The molecule has 2 heterocycles. The zero-order chi connectivity index (χ0) is 18.9. The molecular weight excluding hydrogens is 363 g/mol. The summed E-state index contributed by atoms with van der Waals surface area (Å²) in [6.45, 7) is -0.207. The molecule has 2 aliphatic heterocycles. The molecule has 0 bridgehead atoms. The fraction of sp³-hybridized carbons (Fsp3) is 0.929. The van der Waals surface area contributed by atoms with E-state index in [-0.39, 0.29) is 43.6 Å². The first-order valence-corrected chi connectivity index (χ1v) is 10.5. The Hall–Kier alpha value is -0.755. The van der Waals surface area contributed by atoms with Crippen molar-refractivity contribution < 1.29 is 28.4 Å². The topological polar surface area (TPSA) is 156 Å². The maximum absolute atomic E-state index is 13.2. The van der Waals surface area contributed by atoms with E-state index in [0.29, 0.717) is 12.8 Å². The third-order valence-corrected chi connectivity index (χ3v) is 8.20. The van der Waals surface area contributed by atoms with Gasteiger partial charge in [-0.1, -0.05) is 6.42 Å². The minimum Gasteiger partial charge on any atom is -0.480 e. The number of nitrogens with two attached hydrogens (primary N) is 1. The number of carbonyl (C=O) groups is 1. The number of fused-ring (bicyclic) bond motifs is 2. The van der Waals surface area contributed by atoms with Gasteiger partial charge in [-0.3, -0.25) is 4.79 Å². The first-order valence-electron chi connectivity index (χ1n) is 9.07. The number of hydrogen-bond acceptors (Lipinski definition) is 7. The molecule has 6 N–H and O–H groups in total. The molecule has 4 fully saturated rings. The minimum absolute atomic E-state index is 0.0376. The van der Waals surface area contributed by atoms with Crippen LogP contribution >= 0.6 is 0 Å². The Labute approximate surface area is 152 Å². The van der Waals surface area contributed by atoms with Crippen LogP contribution in [0, 0.1) is 5.92 Å². The monoisotopic (exact) mass is 388 g/mol. The summed E-state index contributed by atoms with van der Waals surface area (Å²) in [6.07, 6.45) is 2.39. The van der Waals surface area contributed by atoms with Crippen molar-refractivity contribution in [3.8, 4) is 0 Å². The van der Waals surface area contributed by atoms with Gasteiger partial charge in [0.2, 0.25) is 0 Å². The second-order valence-electron chi connectivity index (χ2n) is 8.07. The van der Waals surface area contributed by atoms with Crippen LogP contribution in [-0.2, 0) is 15.0 Å². The number of nitrogens with one attached hydrogen (secondary N) is 1. The molecule has 4 rings (SSSR count). The van der Waals surface area contributed by atoms with Gasteiger partial charge in [0.05, 0.1) is 0 Å². The van der Waals surface area contributed by atoms with Crippen molar-refractivity contribution in [1.82, 2.24) is 13.9 Å². The first kappa shape index (κ1) is 18.6. The van der Waals surface area contributed by atoms with E-state index in [1.54, 1.807) is 4.31 Å². The van der Waals surface area contributed by atoms with E-state index < -0.39 is 34.8 Å². The van der Waals surface area contributed by atoms with Crippen LogP contribution in [0.3, 0.4) is 0 Å². The van der Waals surface area contributed by atoms with Crippen LogP contribution in [0.2, 0.25) is 6.32 Å². The molecule has 0 aromatic rings. The highest BCUT2D eigenvalue weighted by atomic mass is 32.2. The molecule has 0 aromatic carbocycles. The molecule has 26 heavy (non-hydrogen) atoms. The van der Waals surface area contributed by atoms with Gasteiger partial charge in [-0.25, -0.2) is 0 Å². The van der Waals surface area contributed by atoms with Crippen molar-refractivity contribution in [1.29, 1.82) is 0 Å². The van der Waals surface area contributed by atoms with Gasteiger partial charge in [-0.05, 0) is 25.6 Å². The standard InChI is InChI=1S/C14H25BN4O6S/c16-14(13(20)21)7-18(6-8(14)2-1-3-15(22)23)26(24,25)19-11-4-9(11)17-10-5-12(10)19/h8-12,17,22-23H,1-7,16H2,(H,20,21)/t8-,9+,10+,11-,12-,14-/m0/s1. The van der Waals surface area contributed by atoms with Crippen molar-refractivity contribution in [3.63, 3.8) is 0 Å². The van der Waals surface area contributed by atoms with E-state index in [2.05, 4.69) is 5.32 Å². The molecule has 0 aromatic heterocycles. The van der Waals surface area contributed by atoms with Gasteiger partial charge in [-0.15, -0.1) is 0 Å². The molecular formula is C14H25BN4O6S. The van der Waals surface area contributed by atoms with Crippen molar-refractivity contribution in [2.45, 2.75) is 61.7 Å². The number of hydrogen-bond donors (Lipinski definition) is 5. The molecule has 146 valence electrons. The van der Waals surface area contributed by atoms with Crippen molar-refractivity contribution in [3.05, 3.63) is 0 Å². The van der Waals surface area contributed by atoms with Gasteiger partial charge in [0, 0.05) is 43.2 Å². The molecule has 2 aliphatic carbocycles. The fourth-order valence-corrected chi connectivity index (χ4v) is 6.65. The van der Waals surface area contributed by atoms with E-state index in [0.717, 1.165) is 12.8 Å². The maximum atomic E-state index is 13.2. The summed E-state index contributed by atoms with van der Waals surface area (Å²) in [6, 6.07) is 0.342. The Bertz CT molecular complexity index is 692. The summed E-state index contributed by atoms with van der Waals surface area (Å²) in [5.74, 6) is -1.79. The molecule has 0 spiro atoms. The second-order valence-corrected chi connectivity index (χ2v) is 9.90. The van der Waals surface area contributed by atoms with Crippen molar-refractivity contribution in [2.24, 2.45) is 11.7 Å². The third-order valence-electron chi connectivity index (χ3n) is 6.19. The van der Waals surface area contributed by atoms with Gasteiger partial charge in [0.15, 0.2) is 0 Å². The SMILES string of the molecule is N[C@@]1(C(=O)O)CN(S(=O)(=O)N2[C@H]3C[C@H]3N[C@@H]3C[C@@H]32)C[C@@H]1CCCB(O)O. The first-order chi connectivity index (χ1) is 12.1.